The summed E-state index contributed by atoms with van der Waals surface area (Å²) in [5, 5.41) is 0. The zero-order valence-corrected chi connectivity index (χ0v) is 19.7. The highest BCUT2D eigenvalue weighted by Gasteiger charge is 2.32. The van der Waals surface area contributed by atoms with Gasteiger partial charge in [0.1, 0.15) is 6.61 Å². The molecule has 2 amide bonds. The fraction of sp³-hybridized carbons (Fsp3) is 0.310. The molecule has 0 unspecified atom stereocenters. The van der Waals surface area contributed by atoms with Crippen molar-refractivity contribution in [3.63, 3.8) is 0 Å². The minimum atomic E-state index is -0.505. The number of amides is 2. The Morgan fingerprint density at radius 1 is 0.943 bits per heavy atom. The summed E-state index contributed by atoms with van der Waals surface area (Å²) in [6.45, 7) is 1.00. The van der Waals surface area contributed by atoms with E-state index in [0.29, 0.717) is 30.8 Å². The molecule has 2 N–H and O–H groups in total. The number of primary amides is 1. The van der Waals surface area contributed by atoms with Crippen LogP contribution < -0.4 is 20.1 Å². The van der Waals surface area contributed by atoms with Gasteiger partial charge < -0.3 is 20.1 Å². The SMILES string of the molecule is NC(=O)c1cccc(N2C[C@@H](c3ccc(OCc4ccccc4)c(OC4CCCC4)c3)CC2=O)c1. The number of ether oxygens (including phenoxy) is 2. The molecule has 5 rings (SSSR count). The van der Waals surface area contributed by atoms with Crippen LogP contribution in [-0.2, 0) is 11.4 Å². The van der Waals surface area contributed by atoms with Gasteiger partial charge in [-0.1, -0.05) is 42.5 Å². The van der Waals surface area contributed by atoms with Gasteiger partial charge in [0.15, 0.2) is 11.5 Å². The second-order valence-corrected chi connectivity index (χ2v) is 9.32. The largest absolute Gasteiger partial charge is 0.487 e. The van der Waals surface area contributed by atoms with E-state index in [0.717, 1.165) is 35.5 Å². The molecular weight excluding hydrogens is 440 g/mol. The van der Waals surface area contributed by atoms with Gasteiger partial charge in [-0.2, -0.15) is 0 Å². The second kappa shape index (κ2) is 10.2. The molecule has 1 atom stereocenters. The first-order chi connectivity index (χ1) is 17.1. The highest BCUT2D eigenvalue weighted by Crippen LogP contribution is 2.38. The van der Waals surface area contributed by atoms with Gasteiger partial charge in [-0.25, -0.2) is 0 Å². The first-order valence-corrected chi connectivity index (χ1v) is 12.2. The summed E-state index contributed by atoms with van der Waals surface area (Å²) in [6, 6.07) is 23.0. The molecule has 0 bridgehead atoms. The lowest BCUT2D eigenvalue weighted by atomic mass is 9.98. The van der Waals surface area contributed by atoms with Crippen molar-refractivity contribution in [2.75, 3.05) is 11.4 Å². The summed E-state index contributed by atoms with van der Waals surface area (Å²) in [7, 11) is 0. The Labute approximate surface area is 205 Å². The molecule has 0 spiro atoms. The number of hydrogen-bond donors (Lipinski definition) is 1. The molecule has 6 nitrogen and oxygen atoms in total. The molecule has 3 aromatic carbocycles. The van der Waals surface area contributed by atoms with E-state index in [-0.39, 0.29) is 17.9 Å². The van der Waals surface area contributed by atoms with E-state index in [1.54, 1.807) is 23.1 Å². The monoisotopic (exact) mass is 470 g/mol. The van der Waals surface area contributed by atoms with Gasteiger partial charge in [0.2, 0.25) is 11.8 Å². The number of rotatable bonds is 8. The number of nitrogens with two attached hydrogens (primary N) is 1. The van der Waals surface area contributed by atoms with Crippen molar-refractivity contribution in [3.05, 3.63) is 89.5 Å². The average molecular weight is 471 g/mol. The molecule has 0 radical (unpaired) electrons. The lowest BCUT2D eigenvalue weighted by Crippen LogP contribution is -2.24. The number of anilines is 1. The predicted molar refractivity (Wildman–Crippen MR) is 135 cm³/mol. The number of hydrogen-bond acceptors (Lipinski definition) is 4. The molecular formula is C29H30N2O4. The van der Waals surface area contributed by atoms with Crippen molar-refractivity contribution < 1.29 is 19.1 Å². The molecule has 1 aliphatic carbocycles. The molecule has 1 heterocycles. The van der Waals surface area contributed by atoms with Gasteiger partial charge in [0, 0.05) is 30.1 Å². The molecule has 0 aromatic heterocycles. The molecule has 1 saturated heterocycles. The zero-order valence-electron chi connectivity index (χ0n) is 19.7. The number of carbonyl (C=O) groups is 2. The van der Waals surface area contributed by atoms with Crippen LogP contribution in [0.1, 0.15) is 59.5 Å². The van der Waals surface area contributed by atoms with Crippen molar-refractivity contribution in [2.45, 2.75) is 50.7 Å². The highest BCUT2D eigenvalue weighted by molar-refractivity contribution is 5.99. The van der Waals surface area contributed by atoms with Crippen molar-refractivity contribution in [1.82, 2.24) is 0 Å². The highest BCUT2D eigenvalue weighted by atomic mass is 16.5. The third kappa shape index (κ3) is 5.32. The molecule has 1 aliphatic heterocycles. The number of nitrogens with zero attached hydrogens (tertiary/aromatic N) is 1. The van der Waals surface area contributed by atoms with Crippen LogP contribution in [0, 0.1) is 0 Å². The Kier molecular flexibility index (Phi) is 6.70. The fourth-order valence-corrected chi connectivity index (χ4v) is 4.92. The smallest absolute Gasteiger partial charge is 0.248 e. The van der Waals surface area contributed by atoms with Gasteiger partial charge in [-0.3, -0.25) is 9.59 Å². The van der Waals surface area contributed by atoms with E-state index in [1.165, 1.54) is 12.8 Å². The fourth-order valence-electron chi connectivity index (χ4n) is 4.92. The van der Waals surface area contributed by atoms with Crippen LogP contribution in [0.4, 0.5) is 5.69 Å². The number of carbonyl (C=O) groups excluding carboxylic acids is 2. The quantitative estimate of drug-likeness (QED) is 0.490. The topological polar surface area (TPSA) is 81.9 Å². The molecule has 2 fully saturated rings. The lowest BCUT2D eigenvalue weighted by molar-refractivity contribution is -0.117. The van der Waals surface area contributed by atoms with E-state index < -0.39 is 5.91 Å². The van der Waals surface area contributed by atoms with Gasteiger partial charge >= 0.3 is 0 Å². The van der Waals surface area contributed by atoms with Crippen LogP contribution in [0.3, 0.4) is 0 Å². The maximum absolute atomic E-state index is 12.9. The Hall–Kier alpha value is -3.80. The third-order valence-corrected chi connectivity index (χ3v) is 6.84. The Bertz CT molecular complexity index is 1200. The van der Waals surface area contributed by atoms with Crippen LogP contribution in [-0.4, -0.2) is 24.5 Å². The summed E-state index contributed by atoms with van der Waals surface area (Å²) < 4.78 is 12.6. The predicted octanol–water partition coefficient (Wildman–Crippen LogP) is 5.21. The number of benzene rings is 3. The van der Waals surface area contributed by atoms with Gasteiger partial charge in [0.05, 0.1) is 6.10 Å². The van der Waals surface area contributed by atoms with Gasteiger partial charge in [-0.05, 0) is 67.1 Å². The van der Waals surface area contributed by atoms with Crippen molar-refractivity contribution >= 4 is 17.5 Å². The Morgan fingerprint density at radius 3 is 2.51 bits per heavy atom. The Balaban J connectivity index is 1.36. The second-order valence-electron chi connectivity index (χ2n) is 9.32. The van der Waals surface area contributed by atoms with E-state index in [4.69, 9.17) is 15.2 Å². The third-order valence-electron chi connectivity index (χ3n) is 6.84. The first kappa shape index (κ1) is 23.0. The first-order valence-electron chi connectivity index (χ1n) is 12.2. The summed E-state index contributed by atoms with van der Waals surface area (Å²) in [5.74, 6) is 1.01. The van der Waals surface area contributed by atoms with E-state index in [9.17, 15) is 9.59 Å². The normalized spacial score (nSPS) is 18.1. The summed E-state index contributed by atoms with van der Waals surface area (Å²) in [4.78, 5) is 26.2. The van der Waals surface area contributed by atoms with Crippen molar-refractivity contribution in [2.24, 2.45) is 5.73 Å². The minimum Gasteiger partial charge on any atom is -0.487 e. The minimum absolute atomic E-state index is 0.0221. The van der Waals surface area contributed by atoms with Crippen molar-refractivity contribution in [1.29, 1.82) is 0 Å². The van der Waals surface area contributed by atoms with E-state index in [1.807, 2.05) is 54.6 Å². The van der Waals surface area contributed by atoms with E-state index in [2.05, 4.69) is 0 Å². The molecule has 35 heavy (non-hydrogen) atoms. The Morgan fingerprint density at radius 2 is 1.74 bits per heavy atom. The standard InChI is InChI=1S/C29H30N2O4/c30-29(33)22-9-6-10-24(15-22)31-18-23(17-28(31)32)21-13-14-26(34-19-20-7-2-1-3-8-20)27(16-21)35-25-11-4-5-12-25/h1-3,6-10,13-16,23,25H,4-5,11-12,17-19H2,(H2,30,33)/t23-/m0/s1. The maximum Gasteiger partial charge on any atom is 0.248 e. The van der Waals surface area contributed by atoms with Crippen LogP contribution in [0.2, 0.25) is 0 Å². The van der Waals surface area contributed by atoms with Crippen LogP contribution in [0.5, 0.6) is 11.5 Å². The molecule has 2 aliphatic rings. The van der Waals surface area contributed by atoms with E-state index >= 15 is 0 Å². The summed E-state index contributed by atoms with van der Waals surface area (Å²) in [6.07, 6.45) is 5.06. The summed E-state index contributed by atoms with van der Waals surface area (Å²) in [5.41, 5.74) is 8.66. The zero-order chi connectivity index (χ0) is 24.2. The van der Waals surface area contributed by atoms with Gasteiger partial charge in [0.25, 0.3) is 0 Å². The van der Waals surface area contributed by atoms with Gasteiger partial charge in [-0.15, -0.1) is 0 Å². The van der Waals surface area contributed by atoms with Crippen LogP contribution in [0.25, 0.3) is 0 Å². The summed E-state index contributed by atoms with van der Waals surface area (Å²) >= 11 is 0. The molecule has 1 saturated carbocycles. The van der Waals surface area contributed by atoms with Crippen molar-refractivity contribution in [3.8, 4) is 11.5 Å². The van der Waals surface area contributed by atoms with Crippen LogP contribution in [0.15, 0.2) is 72.8 Å². The average Bonchev–Trinajstić information content (AvgIpc) is 3.53. The maximum atomic E-state index is 12.9. The molecule has 6 heteroatoms. The molecule has 180 valence electrons. The lowest BCUT2D eigenvalue weighted by Gasteiger charge is -2.20. The van der Waals surface area contributed by atoms with Crippen LogP contribution >= 0.6 is 0 Å². The molecule has 3 aromatic rings.